The highest BCUT2D eigenvalue weighted by Gasteiger charge is 2.64. The largest absolute Gasteiger partial charge is 0.466 e. The van der Waals surface area contributed by atoms with E-state index in [0.717, 1.165) is 36.2 Å². The summed E-state index contributed by atoms with van der Waals surface area (Å²) in [6.45, 7) is 0. The average molecular weight is 451 g/mol. The number of anilines is 1. The number of nitrogens with zero attached hydrogens (tertiary/aromatic N) is 1. The normalized spacial score (nSPS) is 15.2. The maximum absolute atomic E-state index is 14.3. The lowest BCUT2D eigenvalue weighted by Gasteiger charge is -2.34. The Balaban J connectivity index is 2.01. The van der Waals surface area contributed by atoms with Gasteiger partial charge in [0.05, 0.1) is 19.1 Å². The quantitative estimate of drug-likeness (QED) is 0.516. The number of fused-ring (bicyclic) bond motifs is 1. The van der Waals surface area contributed by atoms with Gasteiger partial charge in [-0.2, -0.15) is 18.4 Å². The third-order valence-electron chi connectivity index (χ3n) is 5.04. The molecule has 1 aromatic heterocycles. The highest BCUT2D eigenvalue weighted by atomic mass is 32.1. The first-order chi connectivity index (χ1) is 14.7. The fourth-order valence-corrected chi connectivity index (χ4v) is 4.82. The molecule has 0 spiro atoms. The molecule has 0 saturated heterocycles. The highest BCUT2D eigenvalue weighted by Crippen LogP contribution is 2.41. The van der Waals surface area contributed by atoms with E-state index in [0.29, 0.717) is 24.0 Å². The number of benzene rings is 1. The van der Waals surface area contributed by atoms with Crippen LogP contribution in [-0.2, 0) is 33.6 Å². The second-order valence-electron chi connectivity index (χ2n) is 7.10. The lowest BCUT2D eigenvalue weighted by molar-refractivity contribution is -0.206. The molecule has 2 N–H and O–H groups in total. The van der Waals surface area contributed by atoms with Crippen molar-refractivity contribution in [3.8, 4) is 6.07 Å². The molecule has 0 radical (unpaired) electrons. The minimum absolute atomic E-state index is 0.0644. The van der Waals surface area contributed by atoms with Gasteiger partial charge in [0.15, 0.2) is 0 Å². The molecule has 1 aliphatic carbocycles. The van der Waals surface area contributed by atoms with Crippen LogP contribution in [-0.4, -0.2) is 30.8 Å². The zero-order chi connectivity index (χ0) is 22.6. The molecular formula is C21H20F3N3O3S. The summed E-state index contributed by atoms with van der Waals surface area (Å²) in [4.78, 5) is 25.7. The van der Waals surface area contributed by atoms with Crippen molar-refractivity contribution >= 4 is 28.2 Å². The molecule has 6 nitrogen and oxygen atoms in total. The summed E-state index contributed by atoms with van der Waals surface area (Å²) < 4.78 is 47.2. The Morgan fingerprint density at radius 1 is 1.19 bits per heavy atom. The summed E-state index contributed by atoms with van der Waals surface area (Å²) in [6.07, 6.45) is -2.70. The number of esters is 1. The van der Waals surface area contributed by atoms with E-state index in [-0.39, 0.29) is 17.0 Å². The van der Waals surface area contributed by atoms with Gasteiger partial charge in [-0.05, 0) is 36.8 Å². The second-order valence-corrected chi connectivity index (χ2v) is 8.21. The standard InChI is InChI=1S/C21H20F3N3O3S/c1-30-19(29)20(21(22,23)24,26-17(28)11-13-7-3-2-4-8-13)27-18-15(12-25)14-9-5-6-10-16(14)31-18/h2-4,7-8,27H,5-6,9-11H2,1H3,(H,26,28). The summed E-state index contributed by atoms with van der Waals surface area (Å²) in [7, 11) is 0.804. The molecule has 1 amide bonds. The van der Waals surface area contributed by atoms with E-state index in [4.69, 9.17) is 0 Å². The molecule has 164 valence electrons. The first kappa shape index (κ1) is 22.6. The number of nitrogens with one attached hydrogen (secondary N) is 2. The molecule has 0 aliphatic heterocycles. The SMILES string of the molecule is COC(=O)C(NC(=O)Cc1ccccc1)(Nc1sc2c(c1C#N)CCCC2)C(F)(F)F. The first-order valence-electron chi connectivity index (χ1n) is 9.54. The lowest BCUT2D eigenvalue weighted by atomic mass is 9.96. The number of nitriles is 1. The van der Waals surface area contributed by atoms with Crippen LogP contribution in [0.5, 0.6) is 0 Å². The van der Waals surface area contributed by atoms with Gasteiger partial charge in [0.1, 0.15) is 11.1 Å². The molecule has 1 unspecified atom stereocenters. The van der Waals surface area contributed by atoms with Crippen molar-refractivity contribution in [2.75, 3.05) is 12.4 Å². The van der Waals surface area contributed by atoms with Crippen LogP contribution in [0.1, 0.15) is 34.4 Å². The topological polar surface area (TPSA) is 91.2 Å². The molecule has 0 saturated carbocycles. The van der Waals surface area contributed by atoms with Crippen LogP contribution < -0.4 is 10.6 Å². The molecule has 1 aromatic carbocycles. The molecule has 0 fully saturated rings. The van der Waals surface area contributed by atoms with Gasteiger partial charge in [0.25, 0.3) is 0 Å². The van der Waals surface area contributed by atoms with E-state index in [2.05, 4.69) is 10.1 Å². The van der Waals surface area contributed by atoms with Gasteiger partial charge >= 0.3 is 17.8 Å². The highest BCUT2D eigenvalue weighted by molar-refractivity contribution is 7.16. The summed E-state index contributed by atoms with van der Waals surface area (Å²) in [5.41, 5.74) is -2.30. The molecule has 2 aromatic rings. The van der Waals surface area contributed by atoms with Crippen molar-refractivity contribution in [1.29, 1.82) is 5.26 Å². The van der Waals surface area contributed by atoms with Gasteiger partial charge in [0.2, 0.25) is 5.91 Å². The van der Waals surface area contributed by atoms with Gasteiger partial charge < -0.3 is 15.4 Å². The van der Waals surface area contributed by atoms with Crippen LogP contribution in [0.25, 0.3) is 0 Å². The number of rotatable bonds is 6. The Bertz CT molecular complexity index is 1010. The number of hydrogen-bond donors (Lipinski definition) is 2. The summed E-state index contributed by atoms with van der Waals surface area (Å²) in [5, 5.41) is 13.4. The van der Waals surface area contributed by atoms with Crippen LogP contribution in [0.15, 0.2) is 30.3 Å². The predicted octanol–water partition coefficient (Wildman–Crippen LogP) is 3.70. The van der Waals surface area contributed by atoms with Crippen molar-refractivity contribution in [1.82, 2.24) is 5.32 Å². The van der Waals surface area contributed by atoms with Crippen molar-refractivity contribution in [2.24, 2.45) is 0 Å². The summed E-state index contributed by atoms with van der Waals surface area (Å²) >= 11 is 0.996. The average Bonchev–Trinajstić information content (AvgIpc) is 3.09. The van der Waals surface area contributed by atoms with E-state index < -0.39 is 23.7 Å². The Kier molecular flexibility index (Phi) is 6.55. The number of hydrogen-bond acceptors (Lipinski definition) is 6. The Morgan fingerprint density at radius 3 is 2.48 bits per heavy atom. The van der Waals surface area contributed by atoms with E-state index >= 15 is 0 Å². The van der Waals surface area contributed by atoms with Gasteiger partial charge in [-0.3, -0.25) is 4.79 Å². The zero-order valence-electron chi connectivity index (χ0n) is 16.6. The molecule has 1 atom stereocenters. The van der Waals surface area contributed by atoms with E-state index in [1.54, 1.807) is 35.6 Å². The number of halogens is 3. The van der Waals surface area contributed by atoms with Crippen LogP contribution in [0, 0.1) is 11.3 Å². The van der Waals surface area contributed by atoms with Crippen LogP contribution in [0.3, 0.4) is 0 Å². The molecule has 1 heterocycles. The van der Waals surface area contributed by atoms with Crippen LogP contribution in [0.4, 0.5) is 18.2 Å². The van der Waals surface area contributed by atoms with E-state index in [1.807, 2.05) is 6.07 Å². The molecule has 0 bridgehead atoms. The fourth-order valence-electron chi connectivity index (χ4n) is 3.52. The summed E-state index contributed by atoms with van der Waals surface area (Å²) in [5.74, 6) is -2.75. The van der Waals surface area contributed by atoms with Gasteiger partial charge in [0, 0.05) is 4.88 Å². The summed E-state index contributed by atoms with van der Waals surface area (Å²) in [6, 6.07) is 10.1. The van der Waals surface area contributed by atoms with E-state index in [1.165, 1.54) is 0 Å². The number of methoxy groups -OCH3 is 1. The monoisotopic (exact) mass is 451 g/mol. The number of carbonyl (C=O) groups is 2. The maximum atomic E-state index is 14.3. The maximum Gasteiger partial charge on any atom is 0.441 e. The van der Waals surface area contributed by atoms with Gasteiger partial charge in [-0.15, -0.1) is 11.3 Å². The first-order valence-corrected chi connectivity index (χ1v) is 10.4. The number of aryl methyl sites for hydroxylation is 1. The van der Waals surface area contributed by atoms with Crippen molar-refractivity contribution in [3.63, 3.8) is 0 Å². The Morgan fingerprint density at radius 2 is 1.87 bits per heavy atom. The number of thiophene rings is 1. The third-order valence-corrected chi connectivity index (χ3v) is 6.24. The lowest BCUT2D eigenvalue weighted by Crippen LogP contribution is -2.69. The van der Waals surface area contributed by atoms with E-state index in [9.17, 15) is 28.0 Å². The van der Waals surface area contributed by atoms with Crippen molar-refractivity contribution < 1.29 is 27.5 Å². The second kappa shape index (κ2) is 8.98. The molecule has 1 aliphatic rings. The Labute approximate surface area is 181 Å². The number of alkyl halides is 3. The van der Waals surface area contributed by atoms with Gasteiger partial charge in [-0.25, -0.2) is 4.79 Å². The predicted molar refractivity (Wildman–Crippen MR) is 108 cm³/mol. The molecule has 10 heteroatoms. The minimum atomic E-state index is -5.25. The van der Waals surface area contributed by atoms with Crippen LogP contribution >= 0.6 is 11.3 Å². The van der Waals surface area contributed by atoms with Crippen molar-refractivity contribution in [2.45, 2.75) is 43.9 Å². The Hall–Kier alpha value is -3.06. The fraction of sp³-hybridized carbons (Fsp3) is 0.381. The number of ether oxygens (including phenoxy) is 1. The van der Waals surface area contributed by atoms with Crippen molar-refractivity contribution in [3.05, 3.63) is 51.9 Å². The minimum Gasteiger partial charge on any atom is -0.466 e. The van der Waals surface area contributed by atoms with Crippen LogP contribution in [0.2, 0.25) is 0 Å². The number of carbonyl (C=O) groups excluding carboxylic acids is 2. The molecule has 3 rings (SSSR count). The number of amides is 1. The zero-order valence-corrected chi connectivity index (χ0v) is 17.5. The third kappa shape index (κ3) is 4.51. The van der Waals surface area contributed by atoms with Gasteiger partial charge in [-0.1, -0.05) is 30.3 Å². The molecule has 31 heavy (non-hydrogen) atoms. The smallest absolute Gasteiger partial charge is 0.441 e. The molecular weight excluding hydrogens is 431 g/mol.